The second kappa shape index (κ2) is 8.73. The van der Waals surface area contributed by atoms with Crippen molar-refractivity contribution in [3.05, 3.63) is 57.9 Å². The molecule has 0 amide bonds. The second-order valence-electron chi connectivity index (χ2n) is 5.93. The number of thiophene rings is 1. The normalized spacial score (nSPS) is 12.3. The Labute approximate surface area is 162 Å². The van der Waals surface area contributed by atoms with Crippen molar-refractivity contribution in [1.82, 2.24) is 5.32 Å². The van der Waals surface area contributed by atoms with E-state index in [-0.39, 0.29) is 0 Å². The lowest BCUT2D eigenvalue weighted by molar-refractivity contribution is 0.177. The van der Waals surface area contributed by atoms with Gasteiger partial charge in [0.1, 0.15) is 0 Å². The minimum Gasteiger partial charge on any atom is -0.493 e. The van der Waals surface area contributed by atoms with Gasteiger partial charge in [-0.2, -0.15) is 0 Å². The van der Waals surface area contributed by atoms with Crippen LogP contribution in [0.2, 0.25) is 5.02 Å². The van der Waals surface area contributed by atoms with Crippen LogP contribution in [0.25, 0.3) is 10.1 Å². The molecule has 1 aromatic heterocycles. The van der Waals surface area contributed by atoms with Crippen LogP contribution in [-0.4, -0.2) is 32.4 Å². The number of benzene rings is 2. The molecule has 0 radical (unpaired) electrons. The van der Waals surface area contributed by atoms with Crippen LogP contribution in [0, 0.1) is 0 Å². The third-order valence-corrected chi connectivity index (χ3v) is 5.74. The number of fused-ring (bicyclic) bond motifs is 1. The van der Waals surface area contributed by atoms with Gasteiger partial charge < -0.3 is 19.9 Å². The zero-order valence-corrected chi connectivity index (χ0v) is 16.4. The zero-order valence-electron chi connectivity index (χ0n) is 14.8. The first-order valence-electron chi connectivity index (χ1n) is 8.40. The van der Waals surface area contributed by atoms with Crippen molar-refractivity contribution in [3.63, 3.8) is 0 Å². The first-order valence-corrected chi connectivity index (χ1v) is 9.65. The Bertz CT molecular complexity index is 881. The molecule has 0 bridgehead atoms. The van der Waals surface area contributed by atoms with E-state index in [0.717, 1.165) is 22.2 Å². The molecular weight excluding hydrogens is 370 g/mol. The fourth-order valence-corrected chi connectivity index (χ4v) is 4.26. The Morgan fingerprint density at radius 3 is 2.77 bits per heavy atom. The van der Waals surface area contributed by atoms with Crippen molar-refractivity contribution in [2.75, 3.05) is 27.3 Å². The van der Waals surface area contributed by atoms with Crippen molar-refractivity contribution < 1.29 is 14.6 Å². The van der Waals surface area contributed by atoms with Crippen LogP contribution in [0.5, 0.6) is 11.5 Å². The minimum atomic E-state index is -0.543. The average molecular weight is 392 g/mol. The van der Waals surface area contributed by atoms with E-state index in [2.05, 4.69) is 17.4 Å². The first-order chi connectivity index (χ1) is 12.7. The Balaban J connectivity index is 1.58. The van der Waals surface area contributed by atoms with Crippen LogP contribution in [0.15, 0.2) is 41.8 Å². The van der Waals surface area contributed by atoms with E-state index in [1.807, 2.05) is 29.6 Å². The monoisotopic (exact) mass is 391 g/mol. The molecule has 1 unspecified atom stereocenters. The lowest BCUT2D eigenvalue weighted by Gasteiger charge is -2.15. The van der Waals surface area contributed by atoms with Gasteiger partial charge in [-0.25, -0.2) is 0 Å². The lowest BCUT2D eigenvalue weighted by atomic mass is 10.1. The van der Waals surface area contributed by atoms with Crippen LogP contribution in [0.4, 0.5) is 0 Å². The first kappa shape index (κ1) is 19.0. The van der Waals surface area contributed by atoms with Gasteiger partial charge in [0.2, 0.25) is 0 Å². The molecule has 6 heteroatoms. The standard InChI is InChI=1S/C20H22ClNO3S/c1-24-17-7-6-13(18(21)19(17)25-2)8-10-22-12-16(23)15-5-3-4-14-9-11-26-20(14)15/h3-7,9,11,16,22-23H,8,10,12H2,1-2H3. The van der Waals surface area contributed by atoms with E-state index in [0.29, 0.717) is 29.6 Å². The molecule has 0 aliphatic rings. The summed E-state index contributed by atoms with van der Waals surface area (Å²) in [7, 11) is 3.16. The van der Waals surface area contributed by atoms with Gasteiger partial charge in [-0.3, -0.25) is 0 Å². The van der Waals surface area contributed by atoms with E-state index in [9.17, 15) is 5.11 Å². The Hall–Kier alpha value is -1.79. The summed E-state index contributed by atoms with van der Waals surface area (Å²) >= 11 is 8.06. The number of hydrogen-bond donors (Lipinski definition) is 2. The SMILES string of the molecule is COc1ccc(CCNCC(O)c2cccc3ccsc23)c(Cl)c1OC. The smallest absolute Gasteiger partial charge is 0.179 e. The average Bonchev–Trinajstić information content (AvgIpc) is 3.14. The van der Waals surface area contributed by atoms with Crippen LogP contribution in [0.1, 0.15) is 17.2 Å². The third kappa shape index (κ3) is 3.96. The van der Waals surface area contributed by atoms with E-state index >= 15 is 0 Å². The van der Waals surface area contributed by atoms with Crippen molar-refractivity contribution in [3.8, 4) is 11.5 Å². The number of ether oxygens (including phenoxy) is 2. The number of hydrogen-bond acceptors (Lipinski definition) is 5. The van der Waals surface area contributed by atoms with E-state index in [4.69, 9.17) is 21.1 Å². The van der Waals surface area contributed by atoms with E-state index in [1.54, 1.807) is 25.6 Å². The number of aliphatic hydroxyl groups is 1. The molecule has 2 aromatic carbocycles. The Morgan fingerprint density at radius 1 is 1.15 bits per heavy atom. The van der Waals surface area contributed by atoms with Crippen molar-refractivity contribution in [2.45, 2.75) is 12.5 Å². The highest BCUT2D eigenvalue weighted by Gasteiger charge is 2.14. The van der Waals surface area contributed by atoms with Gasteiger partial charge in [-0.1, -0.05) is 35.9 Å². The van der Waals surface area contributed by atoms with Gasteiger partial charge in [-0.05, 0) is 47.0 Å². The second-order valence-corrected chi connectivity index (χ2v) is 7.22. The predicted molar refractivity (Wildman–Crippen MR) is 108 cm³/mol. The maximum Gasteiger partial charge on any atom is 0.179 e. The fourth-order valence-electron chi connectivity index (χ4n) is 2.97. The Kier molecular flexibility index (Phi) is 6.38. The molecular formula is C20H22ClNO3S. The maximum absolute atomic E-state index is 10.5. The highest BCUT2D eigenvalue weighted by Crippen LogP contribution is 2.37. The summed E-state index contributed by atoms with van der Waals surface area (Å²) in [6.07, 6.45) is 0.188. The molecule has 138 valence electrons. The summed E-state index contributed by atoms with van der Waals surface area (Å²) in [6.45, 7) is 1.19. The zero-order chi connectivity index (χ0) is 18.5. The minimum absolute atomic E-state index is 0.488. The fraction of sp³-hybridized carbons (Fsp3) is 0.300. The number of halogens is 1. The highest BCUT2D eigenvalue weighted by atomic mass is 35.5. The number of aliphatic hydroxyl groups excluding tert-OH is 1. The molecule has 4 nitrogen and oxygen atoms in total. The molecule has 1 heterocycles. The van der Waals surface area contributed by atoms with Crippen molar-refractivity contribution in [1.29, 1.82) is 0 Å². The number of rotatable bonds is 8. The van der Waals surface area contributed by atoms with E-state index in [1.165, 1.54) is 5.39 Å². The van der Waals surface area contributed by atoms with E-state index < -0.39 is 6.10 Å². The summed E-state index contributed by atoms with van der Waals surface area (Å²) in [4.78, 5) is 0. The van der Waals surface area contributed by atoms with Gasteiger partial charge in [-0.15, -0.1) is 11.3 Å². The molecule has 26 heavy (non-hydrogen) atoms. The van der Waals surface area contributed by atoms with Crippen molar-refractivity contribution in [2.24, 2.45) is 0 Å². The molecule has 2 N–H and O–H groups in total. The molecule has 0 saturated heterocycles. The molecule has 0 fully saturated rings. The van der Waals surface area contributed by atoms with Crippen molar-refractivity contribution >= 4 is 33.0 Å². The van der Waals surface area contributed by atoms with Crippen LogP contribution >= 0.6 is 22.9 Å². The molecule has 0 spiro atoms. The molecule has 0 aliphatic carbocycles. The summed E-state index contributed by atoms with van der Waals surface area (Å²) in [5, 5.41) is 17.6. The summed E-state index contributed by atoms with van der Waals surface area (Å²) in [5.41, 5.74) is 1.95. The summed E-state index contributed by atoms with van der Waals surface area (Å²) in [6, 6.07) is 11.9. The third-order valence-electron chi connectivity index (χ3n) is 4.34. The largest absolute Gasteiger partial charge is 0.493 e. The maximum atomic E-state index is 10.5. The molecule has 1 atom stereocenters. The molecule has 0 saturated carbocycles. The van der Waals surface area contributed by atoms with Gasteiger partial charge in [0.05, 0.1) is 25.3 Å². The van der Waals surface area contributed by atoms with Gasteiger partial charge in [0.15, 0.2) is 11.5 Å². The molecule has 0 aliphatic heterocycles. The lowest BCUT2D eigenvalue weighted by Crippen LogP contribution is -2.24. The van der Waals surface area contributed by atoms with Gasteiger partial charge in [0.25, 0.3) is 0 Å². The highest BCUT2D eigenvalue weighted by molar-refractivity contribution is 7.17. The summed E-state index contributed by atoms with van der Waals surface area (Å²) < 4.78 is 11.7. The van der Waals surface area contributed by atoms with Gasteiger partial charge >= 0.3 is 0 Å². The number of nitrogens with one attached hydrogen (secondary N) is 1. The topological polar surface area (TPSA) is 50.7 Å². The molecule has 3 rings (SSSR count). The Morgan fingerprint density at radius 2 is 2.00 bits per heavy atom. The summed E-state index contributed by atoms with van der Waals surface area (Å²) in [5.74, 6) is 1.17. The number of methoxy groups -OCH3 is 2. The van der Waals surface area contributed by atoms with Crippen LogP contribution in [0.3, 0.4) is 0 Å². The van der Waals surface area contributed by atoms with Crippen LogP contribution < -0.4 is 14.8 Å². The van der Waals surface area contributed by atoms with Crippen LogP contribution in [-0.2, 0) is 6.42 Å². The quantitative estimate of drug-likeness (QED) is 0.557. The molecule has 3 aromatic rings. The van der Waals surface area contributed by atoms with Gasteiger partial charge in [0, 0.05) is 11.2 Å². The predicted octanol–water partition coefficient (Wildman–Crippen LogP) is 4.44.